The van der Waals surface area contributed by atoms with E-state index in [-0.39, 0.29) is 25.8 Å². The van der Waals surface area contributed by atoms with E-state index in [0.717, 1.165) is 70.6 Å². The number of nitrogens with zero attached hydrogens (tertiary/aromatic N) is 1. The van der Waals surface area contributed by atoms with Gasteiger partial charge in [0.25, 0.3) is 0 Å². The van der Waals surface area contributed by atoms with Gasteiger partial charge in [-0.2, -0.15) is 0 Å². The molecule has 2 unspecified atom stereocenters. The monoisotopic (exact) mass is 809 g/mol. The highest BCUT2D eigenvalue weighted by Crippen LogP contribution is 2.43. The Morgan fingerprint density at radius 3 is 1.55 bits per heavy atom. The third kappa shape index (κ3) is 43.3. The number of rotatable bonds is 41. The minimum absolute atomic E-state index is 0.0854. The van der Waals surface area contributed by atoms with Crippen molar-refractivity contribution in [1.29, 1.82) is 0 Å². The molecule has 0 aliphatic carbocycles. The van der Waals surface area contributed by atoms with E-state index >= 15 is 0 Å². The molecule has 0 aromatic heterocycles. The van der Waals surface area contributed by atoms with E-state index in [1.807, 2.05) is 21.1 Å². The molecule has 0 amide bonds. The molecule has 1 N–H and O–H groups in total. The summed E-state index contributed by atoms with van der Waals surface area (Å²) >= 11 is 0. The fourth-order valence-corrected chi connectivity index (χ4v) is 6.61. The van der Waals surface area contributed by atoms with E-state index < -0.39 is 13.9 Å². The Bertz CT molecular complexity index is 1080. The first-order valence-electron chi connectivity index (χ1n) is 22.5. The lowest BCUT2D eigenvalue weighted by Crippen LogP contribution is -2.37. The third-order valence-corrected chi connectivity index (χ3v) is 10.3. The molecule has 9 heteroatoms. The summed E-state index contributed by atoms with van der Waals surface area (Å²) in [6, 6.07) is 0. The van der Waals surface area contributed by atoms with Gasteiger partial charge in [0.15, 0.2) is 0 Å². The molecule has 2 atom stereocenters. The van der Waals surface area contributed by atoms with Crippen molar-refractivity contribution < 1.29 is 37.3 Å². The highest BCUT2D eigenvalue weighted by molar-refractivity contribution is 7.47. The maximum Gasteiger partial charge on any atom is 0.472 e. The van der Waals surface area contributed by atoms with Gasteiger partial charge < -0.3 is 18.9 Å². The number of allylic oxidation sites excluding steroid dienone is 10. The summed E-state index contributed by atoms with van der Waals surface area (Å²) in [6.07, 6.45) is 49.7. The molecule has 0 saturated heterocycles. The van der Waals surface area contributed by atoms with Gasteiger partial charge in [0.2, 0.25) is 0 Å². The van der Waals surface area contributed by atoms with Crippen LogP contribution in [-0.2, 0) is 27.9 Å². The predicted octanol–water partition coefficient (Wildman–Crippen LogP) is 13.3. The number of quaternary nitrogens is 1. The van der Waals surface area contributed by atoms with E-state index in [9.17, 15) is 14.3 Å². The lowest BCUT2D eigenvalue weighted by molar-refractivity contribution is -0.870. The molecule has 0 bridgehead atoms. The van der Waals surface area contributed by atoms with Gasteiger partial charge in [0, 0.05) is 13.0 Å². The summed E-state index contributed by atoms with van der Waals surface area (Å²) in [5.74, 6) is -0.321. The number of hydrogen-bond acceptors (Lipinski definition) is 6. The van der Waals surface area contributed by atoms with Crippen molar-refractivity contribution >= 4 is 13.8 Å². The second kappa shape index (κ2) is 40.0. The molecule has 0 aromatic rings. The summed E-state index contributed by atoms with van der Waals surface area (Å²) < 4.78 is 34.9. The van der Waals surface area contributed by atoms with Crippen molar-refractivity contribution in [1.82, 2.24) is 0 Å². The normalized spacial score (nSPS) is 14.3. The summed E-state index contributed by atoms with van der Waals surface area (Å²) in [5, 5.41) is 0. The SMILES string of the molecule is CC/C=C\C/C=C\C/C=C\C/C=C\C/C=C\CCCCCCCCCCOCC(COP(=O)(O)OCC[N+](C)(C)C)OC(=O)CCCCCCCCCCCC. The van der Waals surface area contributed by atoms with Crippen molar-refractivity contribution in [2.45, 2.75) is 180 Å². The number of phosphoric acid groups is 1. The van der Waals surface area contributed by atoms with Gasteiger partial charge in [-0.15, -0.1) is 0 Å². The van der Waals surface area contributed by atoms with Gasteiger partial charge >= 0.3 is 13.8 Å². The first kappa shape index (κ1) is 54.2. The van der Waals surface area contributed by atoms with Crippen LogP contribution in [0.5, 0.6) is 0 Å². The van der Waals surface area contributed by atoms with Crippen LogP contribution < -0.4 is 0 Å². The molecule has 0 rings (SSSR count). The van der Waals surface area contributed by atoms with Crippen LogP contribution >= 0.6 is 7.82 Å². The molecule has 0 spiro atoms. The van der Waals surface area contributed by atoms with Crippen LogP contribution in [0.4, 0.5) is 0 Å². The predicted molar refractivity (Wildman–Crippen MR) is 238 cm³/mol. The van der Waals surface area contributed by atoms with Crippen LogP contribution in [-0.4, -0.2) is 75.6 Å². The molecule has 326 valence electrons. The zero-order valence-corrected chi connectivity index (χ0v) is 37.7. The number of ether oxygens (including phenoxy) is 2. The van der Waals surface area contributed by atoms with E-state index in [1.54, 1.807) is 0 Å². The van der Waals surface area contributed by atoms with Gasteiger partial charge in [0.05, 0.1) is 34.4 Å². The first-order valence-corrected chi connectivity index (χ1v) is 24.0. The topological polar surface area (TPSA) is 91.3 Å². The van der Waals surface area contributed by atoms with Crippen LogP contribution in [0, 0.1) is 0 Å². The molecule has 0 fully saturated rings. The molecule has 0 aliphatic heterocycles. The molecule has 0 heterocycles. The number of unbranched alkanes of at least 4 members (excludes halogenated alkanes) is 17. The summed E-state index contributed by atoms with van der Waals surface area (Å²) in [7, 11) is 1.66. The maximum atomic E-state index is 12.6. The molecule has 0 aliphatic rings. The quantitative estimate of drug-likeness (QED) is 0.0216. The number of carbonyl (C=O) groups is 1. The average Bonchev–Trinajstić information content (AvgIpc) is 3.15. The molecule has 0 radical (unpaired) electrons. The maximum absolute atomic E-state index is 12.6. The molecule has 0 aromatic carbocycles. The van der Waals surface area contributed by atoms with Crippen molar-refractivity contribution in [2.24, 2.45) is 0 Å². The zero-order valence-electron chi connectivity index (χ0n) is 36.9. The lowest BCUT2D eigenvalue weighted by Gasteiger charge is -2.24. The molecular formula is C47H87NO7P+. The van der Waals surface area contributed by atoms with E-state index in [2.05, 4.69) is 74.6 Å². The Morgan fingerprint density at radius 1 is 0.571 bits per heavy atom. The van der Waals surface area contributed by atoms with E-state index in [0.29, 0.717) is 24.1 Å². The van der Waals surface area contributed by atoms with Gasteiger partial charge in [-0.1, -0.05) is 171 Å². The van der Waals surface area contributed by atoms with Gasteiger partial charge in [-0.05, 0) is 57.8 Å². The number of carbonyl (C=O) groups excluding carboxylic acids is 1. The van der Waals surface area contributed by atoms with E-state index in [4.69, 9.17) is 18.5 Å². The summed E-state index contributed by atoms with van der Waals surface area (Å²) in [6.45, 7) is 5.47. The van der Waals surface area contributed by atoms with Crippen LogP contribution in [0.15, 0.2) is 60.8 Å². The zero-order chi connectivity index (χ0) is 41.3. The van der Waals surface area contributed by atoms with E-state index in [1.165, 1.54) is 83.5 Å². The number of phosphoric ester groups is 1. The van der Waals surface area contributed by atoms with Crippen LogP contribution in [0.1, 0.15) is 174 Å². The highest BCUT2D eigenvalue weighted by atomic mass is 31.2. The average molecular weight is 809 g/mol. The van der Waals surface area contributed by atoms with Crippen molar-refractivity contribution in [3.05, 3.63) is 60.8 Å². The molecule has 8 nitrogen and oxygen atoms in total. The fraction of sp³-hybridized carbons (Fsp3) is 0.766. The van der Waals surface area contributed by atoms with Crippen LogP contribution in [0.2, 0.25) is 0 Å². The smallest absolute Gasteiger partial charge is 0.457 e. The minimum atomic E-state index is -4.27. The minimum Gasteiger partial charge on any atom is -0.457 e. The van der Waals surface area contributed by atoms with Gasteiger partial charge in [-0.25, -0.2) is 4.57 Å². The number of likely N-dealkylation sites (N-methyl/N-ethyl adjacent to an activating group) is 1. The Labute approximate surface area is 345 Å². The second-order valence-electron chi connectivity index (χ2n) is 16.1. The molecular weight excluding hydrogens is 721 g/mol. The van der Waals surface area contributed by atoms with Gasteiger partial charge in [-0.3, -0.25) is 13.8 Å². The van der Waals surface area contributed by atoms with Crippen molar-refractivity contribution in [2.75, 3.05) is 54.1 Å². The van der Waals surface area contributed by atoms with Crippen molar-refractivity contribution in [3.63, 3.8) is 0 Å². The molecule has 0 saturated carbocycles. The summed E-state index contributed by atoms with van der Waals surface area (Å²) in [4.78, 5) is 22.8. The van der Waals surface area contributed by atoms with Crippen molar-refractivity contribution in [3.8, 4) is 0 Å². The Hall–Kier alpha value is -1.80. The fourth-order valence-electron chi connectivity index (χ4n) is 5.87. The first-order chi connectivity index (χ1) is 27.1. The van der Waals surface area contributed by atoms with Gasteiger partial charge in [0.1, 0.15) is 19.3 Å². The highest BCUT2D eigenvalue weighted by Gasteiger charge is 2.26. The Morgan fingerprint density at radius 2 is 1.04 bits per heavy atom. The number of esters is 1. The Balaban J connectivity index is 4.14. The Kier molecular flexibility index (Phi) is 38.7. The third-order valence-electron chi connectivity index (χ3n) is 9.34. The standard InChI is InChI=1S/C47H86NO7P/c1-6-8-10-12-14-16-18-19-20-21-22-23-24-25-26-27-28-29-30-31-33-35-37-39-42-52-44-46(45-54-56(50,51)53-43-41-48(3,4)5)55-47(49)40-38-36-34-32-17-15-13-11-9-7-2/h8,10,14,16,19-20,22-23,25-26,46H,6-7,9,11-13,15,17-18,21,24,27-45H2,1-5H3/p+1/b10-8-,16-14-,20-19-,23-22-,26-25-. The largest absolute Gasteiger partial charge is 0.472 e. The van der Waals surface area contributed by atoms with Crippen LogP contribution in [0.3, 0.4) is 0 Å². The summed E-state index contributed by atoms with van der Waals surface area (Å²) in [5.41, 5.74) is 0. The lowest BCUT2D eigenvalue weighted by atomic mass is 10.1. The molecule has 56 heavy (non-hydrogen) atoms. The number of hydrogen-bond donors (Lipinski definition) is 1. The second-order valence-corrected chi connectivity index (χ2v) is 17.5. The van der Waals surface area contributed by atoms with Crippen LogP contribution in [0.25, 0.3) is 0 Å².